The van der Waals surface area contributed by atoms with Crippen LogP contribution in [-0.2, 0) is 10.8 Å². The van der Waals surface area contributed by atoms with E-state index < -0.39 is 0 Å². The summed E-state index contributed by atoms with van der Waals surface area (Å²) >= 11 is 0. The minimum absolute atomic E-state index is 0.0744. The molecule has 57 heavy (non-hydrogen) atoms. The average Bonchev–Trinajstić information content (AvgIpc) is 3.95. The van der Waals surface area contributed by atoms with Crippen LogP contribution in [0, 0.1) is 17.8 Å². The molecule has 2 spiro atoms. The van der Waals surface area contributed by atoms with Gasteiger partial charge >= 0.3 is 0 Å². The minimum Gasteiger partial charge on any atom is -0.310 e. The van der Waals surface area contributed by atoms with E-state index in [4.69, 9.17) is 0 Å². The van der Waals surface area contributed by atoms with Crippen LogP contribution in [0.4, 0.5) is 17.1 Å². The molecule has 5 aliphatic carbocycles. The van der Waals surface area contributed by atoms with Gasteiger partial charge in [-0.3, -0.25) is 0 Å². The van der Waals surface area contributed by atoms with Gasteiger partial charge in [0.2, 0.25) is 0 Å². The summed E-state index contributed by atoms with van der Waals surface area (Å²) in [5.41, 5.74) is 18.6. The highest BCUT2D eigenvalue weighted by Gasteiger charge is 2.56. The quantitative estimate of drug-likeness (QED) is 0.170. The van der Waals surface area contributed by atoms with Crippen molar-refractivity contribution < 1.29 is 0 Å². The fraction of sp³-hybridized carbons (Fsp3) is 0.286. The molecule has 4 atom stereocenters. The summed E-state index contributed by atoms with van der Waals surface area (Å²) in [4.78, 5) is 2.58. The van der Waals surface area contributed by atoms with Crippen molar-refractivity contribution in [3.8, 4) is 33.4 Å². The molecule has 5 aliphatic rings. The summed E-state index contributed by atoms with van der Waals surface area (Å²) in [6, 6.07) is 58.8. The summed E-state index contributed by atoms with van der Waals surface area (Å²) < 4.78 is 0. The molecule has 0 saturated heterocycles. The van der Waals surface area contributed by atoms with Gasteiger partial charge in [0.1, 0.15) is 0 Å². The Morgan fingerprint density at radius 1 is 0.491 bits per heavy atom. The molecule has 7 aromatic rings. The lowest BCUT2D eigenvalue weighted by Gasteiger charge is -2.54. The van der Waals surface area contributed by atoms with Gasteiger partial charge in [0.05, 0.1) is 0 Å². The van der Waals surface area contributed by atoms with E-state index >= 15 is 0 Å². The zero-order valence-electron chi connectivity index (χ0n) is 33.2. The number of hydrogen-bond donors (Lipinski definition) is 0. The van der Waals surface area contributed by atoms with Crippen molar-refractivity contribution in [3.05, 3.63) is 174 Å². The third-order valence-electron chi connectivity index (χ3n) is 15.7. The smallest absolute Gasteiger partial charge is 0.0468 e. The number of nitrogens with zero attached hydrogens (tertiary/aromatic N) is 1. The Morgan fingerprint density at radius 2 is 1.14 bits per heavy atom. The molecule has 7 aromatic carbocycles. The first kappa shape index (κ1) is 33.7. The third-order valence-corrected chi connectivity index (χ3v) is 15.7. The molecule has 3 saturated carbocycles. The van der Waals surface area contributed by atoms with E-state index in [9.17, 15) is 0 Å². The molecule has 2 bridgehead atoms. The predicted molar refractivity (Wildman–Crippen MR) is 239 cm³/mol. The van der Waals surface area contributed by atoms with Gasteiger partial charge in [-0.1, -0.05) is 148 Å². The van der Waals surface area contributed by atoms with Crippen LogP contribution < -0.4 is 4.90 Å². The van der Waals surface area contributed by atoms with Crippen molar-refractivity contribution in [1.29, 1.82) is 0 Å². The Kier molecular flexibility index (Phi) is 7.57. The van der Waals surface area contributed by atoms with Gasteiger partial charge < -0.3 is 4.90 Å². The summed E-state index contributed by atoms with van der Waals surface area (Å²) in [7, 11) is 0. The highest BCUT2D eigenvalue weighted by atomic mass is 15.1. The number of fused-ring (bicyclic) bond motifs is 14. The predicted octanol–water partition coefficient (Wildman–Crippen LogP) is 15.3. The normalized spacial score (nSPS) is 23.4. The van der Waals surface area contributed by atoms with Crippen molar-refractivity contribution in [1.82, 2.24) is 0 Å². The second-order valence-corrected chi connectivity index (χ2v) is 18.2. The molecule has 0 aliphatic heterocycles. The van der Waals surface area contributed by atoms with Gasteiger partial charge in [-0.05, 0) is 159 Å². The van der Waals surface area contributed by atoms with E-state index in [1.54, 1.807) is 22.3 Å². The zero-order valence-corrected chi connectivity index (χ0v) is 33.2. The van der Waals surface area contributed by atoms with Crippen LogP contribution in [0.1, 0.15) is 93.4 Å². The fourth-order valence-electron chi connectivity index (χ4n) is 13.4. The topological polar surface area (TPSA) is 3.24 Å². The maximum absolute atomic E-state index is 2.66. The molecule has 12 rings (SSSR count). The van der Waals surface area contributed by atoms with Crippen molar-refractivity contribution in [2.45, 2.75) is 82.0 Å². The number of rotatable bonds is 5. The van der Waals surface area contributed by atoms with Crippen LogP contribution in [0.15, 0.2) is 152 Å². The van der Waals surface area contributed by atoms with Gasteiger partial charge in [0.15, 0.2) is 0 Å². The van der Waals surface area contributed by atoms with Gasteiger partial charge in [-0.15, -0.1) is 0 Å². The van der Waals surface area contributed by atoms with Crippen LogP contribution in [-0.4, -0.2) is 0 Å². The molecule has 4 unspecified atom stereocenters. The molecule has 1 heteroatoms. The molecule has 1 nitrogen and oxygen atoms in total. The molecule has 3 fully saturated rings. The van der Waals surface area contributed by atoms with Crippen LogP contribution in [0.3, 0.4) is 0 Å². The van der Waals surface area contributed by atoms with Gasteiger partial charge in [0, 0.05) is 27.9 Å². The highest BCUT2D eigenvalue weighted by Crippen LogP contribution is 2.65. The van der Waals surface area contributed by atoms with Crippen molar-refractivity contribution >= 4 is 27.8 Å². The lowest BCUT2D eigenvalue weighted by atomic mass is 9.50. The van der Waals surface area contributed by atoms with E-state index in [0.717, 1.165) is 5.92 Å². The standard InChI is InChI=1S/C56H51N/c1-2-42-32-37-12-11-15-43(33-37)56(42)53-19-8-6-16-47(53)49-28-26-46(36-54(49)56)57(44-24-22-39(23-25-44)41-21-20-38-13-3-4-14-40(38)34-41)45-27-29-52-50(35-45)48-17-5-7-18-51(48)55(52)30-9-10-31-55/h3-8,13-14,16-29,34-37,42-43H,2,9-12,15,30-33H2,1H3. The van der Waals surface area contributed by atoms with E-state index in [0.29, 0.717) is 11.8 Å². The molecule has 0 radical (unpaired) electrons. The van der Waals surface area contributed by atoms with E-state index in [1.807, 2.05) is 0 Å². The monoisotopic (exact) mass is 737 g/mol. The van der Waals surface area contributed by atoms with Crippen LogP contribution in [0.2, 0.25) is 0 Å². The second-order valence-electron chi connectivity index (χ2n) is 18.2. The maximum atomic E-state index is 2.66. The number of hydrogen-bond acceptors (Lipinski definition) is 1. The number of anilines is 3. The van der Waals surface area contributed by atoms with Crippen molar-refractivity contribution in [2.24, 2.45) is 17.8 Å². The Labute approximate surface area is 338 Å². The maximum Gasteiger partial charge on any atom is 0.0468 e. The molecule has 0 amide bonds. The molecular formula is C56H51N. The first-order chi connectivity index (χ1) is 28.2. The zero-order chi connectivity index (χ0) is 37.7. The summed E-state index contributed by atoms with van der Waals surface area (Å²) in [6.45, 7) is 2.47. The third kappa shape index (κ3) is 4.81. The van der Waals surface area contributed by atoms with E-state index in [1.165, 1.54) is 125 Å². The fourth-order valence-corrected chi connectivity index (χ4v) is 13.4. The lowest BCUT2D eigenvalue weighted by molar-refractivity contribution is 0.0557. The first-order valence-corrected chi connectivity index (χ1v) is 22.0. The van der Waals surface area contributed by atoms with Gasteiger partial charge in [-0.25, -0.2) is 0 Å². The molecular weight excluding hydrogens is 687 g/mol. The molecule has 0 aromatic heterocycles. The first-order valence-electron chi connectivity index (χ1n) is 22.0. The van der Waals surface area contributed by atoms with Crippen molar-refractivity contribution in [2.75, 3.05) is 4.90 Å². The van der Waals surface area contributed by atoms with Crippen LogP contribution >= 0.6 is 0 Å². The SMILES string of the molecule is CCC1CC2CCCC(C2)C12c1ccccc1-c1ccc(N(c3ccc(-c4ccc5ccccc5c4)cc3)c3ccc4c(c3)-c3ccccc3C43CCCC3)cc12. The van der Waals surface area contributed by atoms with Crippen LogP contribution in [0.25, 0.3) is 44.2 Å². The largest absolute Gasteiger partial charge is 0.310 e. The summed E-state index contributed by atoms with van der Waals surface area (Å²) in [5.74, 6) is 2.24. The Hall–Kier alpha value is -5.40. The van der Waals surface area contributed by atoms with Crippen LogP contribution in [0.5, 0.6) is 0 Å². The highest BCUT2D eigenvalue weighted by molar-refractivity contribution is 5.91. The Bertz CT molecular complexity index is 2690. The van der Waals surface area contributed by atoms with E-state index in [-0.39, 0.29) is 10.8 Å². The molecule has 0 N–H and O–H groups in total. The van der Waals surface area contributed by atoms with Crippen molar-refractivity contribution in [3.63, 3.8) is 0 Å². The molecule has 0 heterocycles. The second kappa shape index (κ2) is 12.8. The molecule has 280 valence electrons. The van der Waals surface area contributed by atoms with Gasteiger partial charge in [0.25, 0.3) is 0 Å². The number of benzene rings is 7. The minimum atomic E-state index is 0.0744. The summed E-state index contributed by atoms with van der Waals surface area (Å²) in [6.07, 6.45) is 13.2. The Balaban J connectivity index is 1.04. The lowest BCUT2D eigenvalue weighted by Crippen LogP contribution is -2.48. The van der Waals surface area contributed by atoms with Gasteiger partial charge in [-0.2, -0.15) is 0 Å². The summed E-state index contributed by atoms with van der Waals surface area (Å²) in [5, 5.41) is 2.56. The average molecular weight is 738 g/mol. The Morgan fingerprint density at radius 3 is 1.96 bits per heavy atom. The van der Waals surface area contributed by atoms with E-state index in [2.05, 4.69) is 163 Å².